The van der Waals surface area contributed by atoms with Crippen molar-refractivity contribution in [3.8, 4) is 0 Å². The van der Waals surface area contributed by atoms with Crippen LogP contribution in [0.2, 0.25) is 13.1 Å². The molecule has 0 aliphatic heterocycles. The number of hydrogen-bond acceptors (Lipinski definition) is 0. The van der Waals surface area contributed by atoms with Crippen molar-refractivity contribution in [1.82, 2.24) is 0 Å². The van der Waals surface area contributed by atoms with Gasteiger partial charge in [-0.1, -0.05) is 181 Å². The smallest absolute Gasteiger partial charge is 0.0518 e. The monoisotopic (exact) mass is 486 g/mol. The molecule has 194 valence electrons. The molecule has 0 rings (SSSR count). The summed E-state index contributed by atoms with van der Waals surface area (Å²) in [5.74, 6) is 0. The van der Waals surface area contributed by atoms with E-state index in [0.717, 1.165) is 0 Å². The lowest BCUT2D eigenvalue weighted by Crippen LogP contribution is -2.17. The quantitative estimate of drug-likeness (QED) is 0.0614. The highest BCUT2D eigenvalue weighted by Gasteiger charge is 2.09. The summed E-state index contributed by atoms with van der Waals surface area (Å²) < 4.78 is 0. The van der Waals surface area contributed by atoms with Crippen molar-refractivity contribution >= 4 is 20.4 Å². The van der Waals surface area contributed by atoms with Crippen molar-refractivity contribution in [3.05, 3.63) is 0 Å². The standard InChI is InChI=1S/C30H63ClSi/c1-4-5-6-7-8-9-10-11-12-13-14-15-16-17-18-19-20-21-22-23-24-25-26-27-28-29-30(31)32(2)3/h30,32H,4-29H2,1-3H3. The fraction of sp³-hybridized carbons (Fsp3) is 1.00. The third-order valence-corrected chi connectivity index (χ3v) is 10.8. The van der Waals surface area contributed by atoms with E-state index in [1.165, 1.54) is 167 Å². The lowest BCUT2D eigenvalue weighted by molar-refractivity contribution is 0.516. The van der Waals surface area contributed by atoms with Crippen LogP contribution in [0.25, 0.3) is 0 Å². The molecule has 0 aromatic heterocycles. The van der Waals surface area contributed by atoms with Crippen molar-refractivity contribution < 1.29 is 0 Å². The van der Waals surface area contributed by atoms with Gasteiger partial charge in [0.1, 0.15) is 0 Å². The van der Waals surface area contributed by atoms with Crippen molar-refractivity contribution in [1.29, 1.82) is 0 Å². The Bertz CT molecular complexity index is 331. The first kappa shape index (κ1) is 32.5. The average molecular weight is 487 g/mol. The van der Waals surface area contributed by atoms with E-state index in [9.17, 15) is 0 Å². The summed E-state index contributed by atoms with van der Waals surface area (Å²) in [5.41, 5.74) is 0. The summed E-state index contributed by atoms with van der Waals surface area (Å²) in [4.78, 5) is 0. The molecule has 0 fully saturated rings. The van der Waals surface area contributed by atoms with Gasteiger partial charge in [-0.25, -0.2) is 0 Å². The molecule has 0 bridgehead atoms. The average Bonchev–Trinajstić information content (AvgIpc) is 2.78. The maximum atomic E-state index is 6.38. The summed E-state index contributed by atoms with van der Waals surface area (Å²) >= 11 is 6.38. The molecule has 1 unspecified atom stereocenters. The fourth-order valence-corrected chi connectivity index (χ4v) is 5.87. The van der Waals surface area contributed by atoms with Crippen molar-refractivity contribution in [2.75, 3.05) is 0 Å². The largest absolute Gasteiger partial charge is 0.127 e. The first-order valence-electron chi connectivity index (χ1n) is 15.3. The van der Waals surface area contributed by atoms with Gasteiger partial charge in [0.05, 0.1) is 8.80 Å². The zero-order valence-electron chi connectivity index (χ0n) is 22.9. The lowest BCUT2D eigenvalue weighted by atomic mass is 10.0. The highest BCUT2D eigenvalue weighted by atomic mass is 35.5. The zero-order chi connectivity index (χ0) is 23.5. The van der Waals surface area contributed by atoms with Gasteiger partial charge in [0.2, 0.25) is 0 Å². The second-order valence-corrected chi connectivity index (χ2v) is 15.3. The van der Waals surface area contributed by atoms with Gasteiger partial charge < -0.3 is 0 Å². The van der Waals surface area contributed by atoms with Gasteiger partial charge in [-0.05, 0) is 6.42 Å². The highest BCUT2D eigenvalue weighted by molar-refractivity contribution is 6.67. The van der Waals surface area contributed by atoms with Crippen molar-refractivity contribution in [2.24, 2.45) is 0 Å². The van der Waals surface area contributed by atoms with Crippen LogP contribution in [0, 0.1) is 0 Å². The normalized spacial score (nSPS) is 12.7. The third kappa shape index (κ3) is 26.8. The summed E-state index contributed by atoms with van der Waals surface area (Å²) in [6.07, 6.45) is 37.9. The Morgan fingerprint density at radius 2 is 0.625 bits per heavy atom. The number of unbranched alkanes of at least 4 members (excludes halogenated alkanes) is 24. The van der Waals surface area contributed by atoms with Crippen LogP contribution in [-0.2, 0) is 0 Å². The van der Waals surface area contributed by atoms with E-state index in [-0.39, 0.29) is 0 Å². The molecule has 1 atom stereocenters. The molecule has 0 N–H and O–H groups in total. The van der Waals surface area contributed by atoms with Gasteiger partial charge in [-0.15, -0.1) is 11.6 Å². The maximum Gasteiger partial charge on any atom is 0.0518 e. The lowest BCUT2D eigenvalue weighted by Gasteiger charge is -2.11. The van der Waals surface area contributed by atoms with Crippen LogP contribution in [0.1, 0.15) is 174 Å². The second-order valence-electron chi connectivity index (χ2n) is 11.0. The number of halogens is 1. The Morgan fingerprint density at radius 1 is 0.406 bits per heavy atom. The Kier molecular flexibility index (Phi) is 28.2. The SMILES string of the molecule is CCCCCCCCCCCCCCCCCCCCCCCCCCCC(Cl)[SiH](C)C. The summed E-state index contributed by atoms with van der Waals surface area (Å²) in [7, 11) is -0.604. The molecule has 0 radical (unpaired) electrons. The third-order valence-electron chi connectivity index (χ3n) is 7.31. The Morgan fingerprint density at radius 3 is 0.844 bits per heavy atom. The van der Waals surface area contributed by atoms with Crippen LogP contribution in [0.5, 0.6) is 0 Å². The van der Waals surface area contributed by atoms with Crippen LogP contribution in [0.3, 0.4) is 0 Å². The number of rotatable bonds is 27. The van der Waals surface area contributed by atoms with Gasteiger partial charge in [-0.2, -0.15) is 0 Å². The first-order valence-corrected chi connectivity index (χ1v) is 18.7. The molecule has 0 saturated carbocycles. The molecule has 0 aromatic rings. The zero-order valence-corrected chi connectivity index (χ0v) is 24.8. The number of hydrogen-bond donors (Lipinski definition) is 0. The van der Waals surface area contributed by atoms with Crippen molar-refractivity contribution in [3.63, 3.8) is 0 Å². The maximum absolute atomic E-state index is 6.38. The molecule has 0 saturated heterocycles. The molecule has 0 aliphatic rings. The molecule has 0 aliphatic carbocycles. The Balaban J connectivity index is 3.04. The van der Waals surface area contributed by atoms with E-state index in [1.807, 2.05) is 0 Å². The van der Waals surface area contributed by atoms with E-state index in [1.54, 1.807) is 0 Å². The molecule has 0 nitrogen and oxygen atoms in total. The minimum atomic E-state index is -0.604. The highest BCUT2D eigenvalue weighted by Crippen LogP contribution is 2.17. The molecule has 32 heavy (non-hydrogen) atoms. The first-order chi connectivity index (χ1) is 15.7. The molecule has 0 aromatic carbocycles. The van der Waals surface area contributed by atoms with Crippen LogP contribution in [-0.4, -0.2) is 13.8 Å². The number of alkyl halides is 1. The fourth-order valence-electron chi connectivity index (χ4n) is 4.81. The second kappa shape index (κ2) is 27.7. The molecular formula is C30H63ClSi. The van der Waals surface area contributed by atoms with Crippen molar-refractivity contribution in [2.45, 2.75) is 192 Å². The van der Waals surface area contributed by atoms with Crippen LogP contribution >= 0.6 is 11.6 Å². The summed E-state index contributed by atoms with van der Waals surface area (Å²) in [5, 5.41) is 0.527. The Labute approximate surface area is 212 Å². The van der Waals surface area contributed by atoms with E-state index >= 15 is 0 Å². The predicted molar refractivity (Wildman–Crippen MR) is 154 cm³/mol. The summed E-state index contributed by atoms with van der Waals surface area (Å²) in [6.45, 7) is 7.05. The van der Waals surface area contributed by atoms with Gasteiger partial charge in [0.15, 0.2) is 0 Å². The molecule has 2 heteroatoms. The van der Waals surface area contributed by atoms with Crippen LogP contribution in [0.4, 0.5) is 0 Å². The van der Waals surface area contributed by atoms with Crippen LogP contribution < -0.4 is 0 Å². The van der Waals surface area contributed by atoms with Gasteiger partial charge in [0, 0.05) is 5.00 Å². The van der Waals surface area contributed by atoms with Gasteiger partial charge >= 0.3 is 0 Å². The summed E-state index contributed by atoms with van der Waals surface area (Å²) in [6, 6.07) is 0. The van der Waals surface area contributed by atoms with Gasteiger partial charge in [0.25, 0.3) is 0 Å². The van der Waals surface area contributed by atoms with E-state index in [4.69, 9.17) is 11.6 Å². The minimum Gasteiger partial charge on any atom is -0.127 e. The minimum absolute atomic E-state index is 0.527. The van der Waals surface area contributed by atoms with E-state index < -0.39 is 8.80 Å². The Hall–Kier alpha value is 0.507. The van der Waals surface area contributed by atoms with E-state index in [0.29, 0.717) is 5.00 Å². The van der Waals surface area contributed by atoms with E-state index in [2.05, 4.69) is 20.0 Å². The van der Waals surface area contributed by atoms with Crippen LogP contribution in [0.15, 0.2) is 0 Å². The molecule has 0 spiro atoms. The van der Waals surface area contributed by atoms with Gasteiger partial charge in [-0.3, -0.25) is 0 Å². The topological polar surface area (TPSA) is 0 Å². The molecular weight excluding hydrogens is 424 g/mol. The molecule has 0 amide bonds. The molecule has 0 heterocycles. The predicted octanol–water partition coefficient (Wildman–Crippen LogP) is 11.8.